The number of halogens is 1. The number of thiol groups is 1. The van der Waals surface area contributed by atoms with Crippen molar-refractivity contribution in [3.05, 3.63) is 29.6 Å². The standard InChI is InChI=1S/C16H21FN2OS/c1-19-12-3-2-4-13(19)9-11(8-12)18-16(20)10-5-6-14(17)15(21)7-10/h5-7,11-13,21H,2-4,8-9H2,1H3,(H,18,20). The van der Waals surface area contributed by atoms with Gasteiger partial charge in [0, 0.05) is 28.6 Å². The van der Waals surface area contributed by atoms with Gasteiger partial charge in [-0.3, -0.25) is 4.79 Å². The van der Waals surface area contributed by atoms with E-state index in [1.165, 1.54) is 37.5 Å². The van der Waals surface area contributed by atoms with E-state index in [0.29, 0.717) is 17.6 Å². The van der Waals surface area contributed by atoms with Crippen LogP contribution in [0.15, 0.2) is 23.1 Å². The molecule has 1 N–H and O–H groups in total. The first-order valence-corrected chi connectivity index (χ1v) is 8.00. The van der Waals surface area contributed by atoms with E-state index in [1.54, 1.807) is 0 Å². The quantitative estimate of drug-likeness (QED) is 0.824. The highest BCUT2D eigenvalue weighted by Gasteiger charge is 2.36. The normalized spacial score (nSPS) is 29.2. The van der Waals surface area contributed by atoms with Crippen LogP contribution in [0.4, 0.5) is 4.39 Å². The molecule has 2 heterocycles. The van der Waals surface area contributed by atoms with Crippen molar-refractivity contribution in [3.8, 4) is 0 Å². The van der Waals surface area contributed by atoms with Crippen LogP contribution in [-0.2, 0) is 0 Å². The summed E-state index contributed by atoms with van der Waals surface area (Å²) < 4.78 is 13.2. The van der Waals surface area contributed by atoms with E-state index in [1.807, 2.05) is 0 Å². The average molecular weight is 308 g/mol. The summed E-state index contributed by atoms with van der Waals surface area (Å²) in [6, 6.07) is 5.68. The Morgan fingerprint density at radius 2 is 2.00 bits per heavy atom. The van der Waals surface area contributed by atoms with Gasteiger partial charge in [0.2, 0.25) is 0 Å². The molecule has 2 saturated heterocycles. The number of amides is 1. The molecule has 0 aliphatic carbocycles. The lowest BCUT2D eigenvalue weighted by Gasteiger charge is -2.47. The monoisotopic (exact) mass is 308 g/mol. The molecule has 2 aliphatic rings. The highest BCUT2D eigenvalue weighted by Crippen LogP contribution is 2.32. The largest absolute Gasteiger partial charge is 0.349 e. The number of benzene rings is 1. The molecule has 0 spiro atoms. The van der Waals surface area contributed by atoms with E-state index >= 15 is 0 Å². The molecular weight excluding hydrogens is 287 g/mol. The lowest BCUT2D eigenvalue weighted by atomic mass is 9.82. The fourth-order valence-corrected chi connectivity index (χ4v) is 3.87. The van der Waals surface area contributed by atoms with Crippen molar-refractivity contribution in [1.82, 2.24) is 10.2 Å². The zero-order valence-corrected chi connectivity index (χ0v) is 13.1. The molecule has 2 aliphatic heterocycles. The Balaban J connectivity index is 1.66. The second-order valence-electron chi connectivity index (χ2n) is 6.21. The molecule has 2 atom stereocenters. The molecule has 0 saturated carbocycles. The third-order valence-corrected chi connectivity index (χ3v) is 5.23. The Morgan fingerprint density at radius 1 is 1.33 bits per heavy atom. The molecule has 5 heteroatoms. The van der Waals surface area contributed by atoms with Gasteiger partial charge in [0.05, 0.1) is 0 Å². The maximum Gasteiger partial charge on any atom is 0.251 e. The second-order valence-corrected chi connectivity index (χ2v) is 6.69. The molecule has 0 aromatic heterocycles. The molecule has 2 bridgehead atoms. The molecule has 1 amide bonds. The number of piperidine rings is 2. The van der Waals surface area contributed by atoms with Crippen molar-refractivity contribution in [3.63, 3.8) is 0 Å². The van der Waals surface area contributed by atoms with Crippen molar-refractivity contribution < 1.29 is 9.18 Å². The maximum atomic E-state index is 13.2. The van der Waals surface area contributed by atoms with Gasteiger partial charge in [-0.15, -0.1) is 12.6 Å². The predicted molar refractivity (Wildman–Crippen MR) is 83.3 cm³/mol. The second kappa shape index (κ2) is 5.97. The average Bonchev–Trinajstić information content (AvgIpc) is 2.43. The number of nitrogens with one attached hydrogen (secondary N) is 1. The van der Waals surface area contributed by atoms with Gasteiger partial charge in [0.25, 0.3) is 5.91 Å². The number of rotatable bonds is 2. The number of hydrogen-bond acceptors (Lipinski definition) is 3. The summed E-state index contributed by atoms with van der Waals surface area (Å²) in [7, 11) is 2.19. The third kappa shape index (κ3) is 3.09. The van der Waals surface area contributed by atoms with Gasteiger partial charge < -0.3 is 10.2 Å². The molecule has 3 rings (SSSR count). The summed E-state index contributed by atoms with van der Waals surface area (Å²) in [5.41, 5.74) is 0.477. The molecule has 21 heavy (non-hydrogen) atoms. The summed E-state index contributed by atoms with van der Waals surface area (Å²) in [5, 5.41) is 3.11. The van der Waals surface area contributed by atoms with Crippen LogP contribution in [0.3, 0.4) is 0 Å². The fourth-order valence-electron chi connectivity index (χ4n) is 3.66. The Kier molecular flexibility index (Phi) is 4.22. The van der Waals surface area contributed by atoms with Gasteiger partial charge >= 0.3 is 0 Å². The number of nitrogens with zero attached hydrogens (tertiary/aromatic N) is 1. The van der Waals surface area contributed by atoms with E-state index < -0.39 is 5.82 Å². The van der Waals surface area contributed by atoms with Crippen molar-refractivity contribution in [2.45, 2.75) is 55.1 Å². The summed E-state index contributed by atoms with van der Waals surface area (Å²) >= 11 is 4.03. The Morgan fingerprint density at radius 3 is 2.62 bits per heavy atom. The smallest absolute Gasteiger partial charge is 0.251 e. The van der Waals surface area contributed by atoms with Gasteiger partial charge in [0.15, 0.2) is 0 Å². The molecule has 1 aromatic rings. The van der Waals surface area contributed by atoms with Crippen molar-refractivity contribution >= 4 is 18.5 Å². The fraction of sp³-hybridized carbons (Fsp3) is 0.562. The van der Waals surface area contributed by atoms with E-state index in [4.69, 9.17) is 0 Å². The van der Waals surface area contributed by atoms with Crippen LogP contribution in [0.5, 0.6) is 0 Å². The number of carbonyl (C=O) groups excluding carboxylic acids is 1. The third-order valence-electron chi connectivity index (χ3n) is 4.88. The summed E-state index contributed by atoms with van der Waals surface area (Å²) in [4.78, 5) is 15.0. The molecule has 0 radical (unpaired) electrons. The van der Waals surface area contributed by atoms with Crippen LogP contribution in [0.2, 0.25) is 0 Å². The van der Waals surface area contributed by atoms with Crippen LogP contribution in [0, 0.1) is 5.82 Å². The highest BCUT2D eigenvalue weighted by molar-refractivity contribution is 7.80. The molecule has 2 fully saturated rings. The van der Waals surface area contributed by atoms with Gasteiger partial charge in [-0.2, -0.15) is 0 Å². The lowest BCUT2D eigenvalue weighted by Crippen LogP contribution is -2.55. The van der Waals surface area contributed by atoms with Crippen molar-refractivity contribution in [2.75, 3.05) is 7.05 Å². The first-order chi connectivity index (χ1) is 10.0. The molecule has 114 valence electrons. The minimum absolute atomic E-state index is 0.127. The Hall–Kier alpha value is -1.07. The van der Waals surface area contributed by atoms with Gasteiger partial charge in [-0.05, 0) is 50.9 Å². The SMILES string of the molecule is CN1C2CCCC1CC(NC(=O)c1ccc(F)c(S)c1)C2. The van der Waals surface area contributed by atoms with Crippen LogP contribution >= 0.6 is 12.6 Å². The van der Waals surface area contributed by atoms with E-state index in [-0.39, 0.29) is 16.8 Å². The first-order valence-electron chi connectivity index (χ1n) is 7.56. The number of fused-ring (bicyclic) bond motifs is 2. The van der Waals surface area contributed by atoms with E-state index in [9.17, 15) is 9.18 Å². The maximum absolute atomic E-state index is 13.2. The van der Waals surface area contributed by atoms with Crippen LogP contribution in [-0.4, -0.2) is 36.0 Å². The summed E-state index contributed by atoms with van der Waals surface area (Å²) in [6.45, 7) is 0. The topological polar surface area (TPSA) is 32.3 Å². The van der Waals surface area contributed by atoms with Gasteiger partial charge in [-0.25, -0.2) is 4.39 Å². The molecular formula is C16H21FN2OS. The van der Waals surface area contributed by atoms with Gasteiger partial charge in [-0.1, -0.05) is 6.42 Å². The highest BCUT2D eigenvalue weighted by atomic mass is 32.1. The number of hydrogen-bond donors (Lipinski definition) is 2. The molecule has 3 nitrogen and oxygen atoms in total. The van der Waals surface area contributed by atoms with E-state index in [0.717, 1.165) is 12.8 Å². The molecule has 2 unspecified atom stereocenters. The summed E-state index contributed by atoms with van der Waals surface area (Å²) in [6.07, 6.45) is 5.75. The van der Waals surface area contributed by atoms with Crippen molar-refractivity contribution in [2.24, 2.45) is 0 Å². The van der Waals surface area contributed by atoms with Crippen LogP contribution in [0.1, 0.15) is 42.5 Å². The molecule has 1 aromatic carbocycles. The van der Waals surface area contributed by atoms with Crippen LogP contribution < -0.4 is 5.32 Å². The zero-order chi connectivity index (χ0) is 15.0. The van der Waals surface area contributed by atoms with Crippen LogP contribution in [0.25, 0.3) is 0 Å². The Labute approximate surface area is 130 Å². The summed E-state index contributed by atoms with van der Waals surface area (Å²) in [5.74, 6) is -0.526. The van der Waals surface area contributed by atoms with E-state index in [2.05, 4.69) is 29.9 Å². The lowest BCUT2D eigenvalue weighted by molar-refractivity contribution is 0.0463. The number of carbonyl (C=O) groups is 1. The van der Waals surface area contributed by atoms with Gasteiger partial charge in [0.1, 0.15) is 5.82 Å². The Bertz CT molecular complexity index is 537. The predicted octanol–water partition coefficient (Wildman–Crippen LogP) is 2.86. The minimum atomic E-state index is -0.399. The zero-order valence-electron chi connectivity index (χ0n) is 12.2. The van der Waals surface area contributed by atoms with Crippen molar-refractivity contribution in [1.29, 1.82) is 0 Å². The minimum Gasteiger partial charge on any atom is -0.349 e. The first kappa shape index (κ1) is 14.9.